The van der Waals surface area contributed by atoms with Crippen molar-refractivity contribution in [2.45, 2.75) is 6.54 Å². The zero-order chi connectivity index (χ0) is 22.0. The van der Waals surface area contributed by atoms with Crippen molar-refractivity contribution in [2.24, 2.45) is 19.2 Å². The summed E-state index contributed by atoms with van der Waals surface area (Å²) in [6, 6.07) is 17.8. The van der Waals surface area contributed by atoms with E-state index in [2.05, 4.69) is 15.5 Å². The Morgan fingerprint density at radius 2 is 1.68 bits per heavy atom. The molecule has 9 heteroatoms. The van der Waals surface area contributed by atoms with Gasteiger partial charge in [-0.25, -0.2) is 15.2 Å². The number of aryl methyl sites for hydroxylation is 1. The molecule has 2 aromatic heterocycles. The Kier molecular flexibility index (Phi) is 5.31. The number of carbonyl (C=O) groups is 1. The normalized spacial score (nSPS) is 11.3. The monoisotopic (exact) mass is 416 g/mol. The molecule has 0 atom stereocenters. The fourth-order valence-corrected chi connectivity index (χ4v) is 3.28. The molecule has 0 spiro atoms. The van der Waals surface area contributed by atoms with Crippen LogP contribution in [-0.2, 0) is 25.4 Å². The van der Waals surface area contributed by atoms with Gasteiger partial charge in [0, 0.05) is 14.1 Å². The Labute approximate surface area is 176 Å². The van der Waals surface area contributed by atoms with Crippen LogP contribution in [0.25, 0.3) is 22.3 Å². The maximum absolute atomic E-state index is 12.4. The van der Waals surface area contributed by atoms with E-state index in [1.807, 2.05) is 54.6 Å². The number of nitrogens with one attached hydrogen (secondary N) is 1. The standard InChI is InChI=1S/C22H20N6O3/c1-26-20-19(21(30)27(2)22(26)31)28(14-23-20)13-18(29)25-24-12-15-8-10-17(11-9-15)16-6-4-3-5-7-16/h3-12,14H,13H2,1-2H3,(H,25,29). The van der Waals surface area contributed by atoms with Gasteiger partial charge in [0.05, 0.1) is 12.5 Å². The van der Waals surface area contributed by atoms with Crippen molar-refractivity contribution in [3.05, 3.63) is 87.3 Å². The molecule has 2 aromatic carbocycles. The quantitative estimate of drug-likeness (QED) is 0.391. The fourth-order valence-electron chi connectivity index (χ4n) is 3.28. The lowest BCUT2D eigenvalue weighted by atomic mass is 10.0. The second kappa shape index (κ2) is 8.23. The van der Waals surface area contributed by atoms with Gasteiger partial charge in [0.15, 0.2) is 11.2 Å². The number of imidazole rings is 1. The molecule has 0 bridgehead atoms. The van der Waals surface area contributed by atoms with Crippen LogP contribution in [-0.4, -0.2) is 30.8 Å². The topological polar surface area (TPSA) is 103 Å². The minimum Gasteiger partial charge on any atom is -0.315 e. The molecule has 2 heterocycles. The Morgan fingerprint density at radius 3 is 2.39 bits per heavy atom. The van der Waals surface area contributed by atoms with Crippen LogP contribution in [0.15, 0.2) is 75.6 Å². The maximum Gasteiger partial charge on any atom is 0.332 e. The van der Waals surface area contributed by atoms with Gasteiger partial charge in [0.1, 0.15) is 6.54 Å². The molecule has 31 heavy (non-hydrogen) atoms. The van der Waals surface area contributed by atoms with Gasteiger partial charge in [-0.05, 0) is 16.7 Å². The van der Waals surface area contributed by atoms with Gasteiger partial charge in [-0.3, -0.25) is 18.7 Å². The van der Waals surface area contributed by atoms with E-state index < -0.39 is 17.2 Å². The van der Waals surface area contributed by atoms with Gasteiger partial charge in [0.25, 0.3) is 11.5 Å². The van der Waals surface area contributed by atoms with E-state index in [1.165, 1.54) is 29.6 Å². The second-order valence-electron chi connectivity index (χ2n) is 7.03. The van der Waals surface area contributed by atoms with Crippen LogP contribution in [0.5, 0.6) is 0 Å². The molecule has 1 amide bonds. The maximum atomic E-state index is 12.4. The summed E-state index contributed by atoms with van der Waals surface area (Å²) in [6.45, 7) is -0.159. The summed E-state index contributed by atoms with van der Waals surface area (Å²) in [6.07, 6.45) is 2.90. The van der Waals surface area contributed by atoms with Crippen molar-refractivity contribution in [1.82, 2.24) is 24.1 Å². The number of hydrazone groups is 1. The van der Waals surface area contributed by atoms with Gasteiger partial charge in [-0.1, -0.05) is 54.6 Å². The Bertz CT molecular complexity index is 1400. The summed E-state index contributed by atoms with van der Waals surface area (Å²) in [4.78, 5) is 40.8. The van der Waals surface area contributed by atoms with Gasteiger partial charge in [0.2, 0.25) is 0 Å². The predicted octanol–water partition coefficient (Wildman–Crippen LogP) is 1.25. The average molecular weight is 416 g/mol. The van der Waals surface area contributed by atoms with Gasteiger partial charge in [-0.15, -0.1) is 0 Å². The summed E-state index contributed by atoms with van der Waals surface area (Å²) in [5.74, 6) is -0.424. The first-order valence-electron chi connectivity index (χ1n) is 9.54. The number of fused-ring (bicyclic) bond motifs is 1. The number of hydrogen-bond donors (Lipinski definition) is 1. The largest absolute Gasteiger partial charge is 0.332 e. The number of nitrogens with zero attached hydrogens (tertiary/aromatic N) is 5. The van der Waals surface area contributed by atoms with Crippen LogP contribution in [0.4, 0.5) is 0 Å². The molecule has 0 aliphatic rings. The Hall–Kier alpha value is -4.27. The molecule has 9 nitrogen and oxygen atoms in total. The zero-order valence-electron chi connectivity index (χ0n) is 17.0. The highest BCUT2D eigenvalue weighted by Crippen LogP contribution is 2.18. The minimum atomic E-state index is -0.509. The van der Waals surface area contributed by atoms with Gasteiger partial charge < -0.3 is 4.57 Å². The first-order chi connectivity index (χ1) is 15.0. The third kappa shape index (κ3) is 3.93. The first kappa shape index (κ1) is 20.0. The lowest BCUT2D eigenvalue weighted by molar-refractivity contribution is -0.121. The fraction of sp³-hybridized carbons (Fsp3) is 0.136. The minimum absolute atomic E-state index is 0.159. The summed E-state index contributed by atoms with van der Waals surface area (Å²) in [5.41, 5.74) is 4.90. The molecule has 4 aromatic rings. The molecule has 0 unspecified atom stereocenters. The van der Waals surface area contributed by atoms with Crippen molar-refractivity contribution < 1.29 is 4.79 Å². The number of amides is 1. The third-order valence-corrected chi connectivity index (χ3v) is 4.95. The summed E-state index contributed by atoms with van der Waals surface area (Å²) in [7, 11) is 2.91. The van der Waals surface area contributed by atoms with Crippen molar-refractivity contribution in [3.8, 4) is 11.1 Å². The van der Waals surface area contributed by atoms with Crippen LogP contribution in [0, 0.1) is 0 Å². The highest BCUT2D eigenvalue weighted by molar-refractivity contribution is 5.84. The zero-order valence-corrected chi connectivity index (χ0v) is 17.0. The van der Waals surface area contributed by atoms with Crippen molar-refractivity contribution in [2.75, 3.05) is 0 Å². The van der Waals surface area contributed by atoms with Crippen molar-refractivity contribution in [3.63, 3.8) is 0 Å². The molecular weight excluding hydrogens is 396 g/mol. The Morgan fingerprint density at radius 1 is 1.00 bits per heavy atom. The van der Waals surface area contributed by atoms with Crippen LogP contribution in [0.1, 0.15) is 5.56 Å². The smallest absolute Gasteiger partial charge is 0.315 e. The number of hydrogen-bond acceptors (Lipinski definition) is 5. The highest BCUT2D eigenvalue weighted by atomic mass is 16.2. The molecule has 4 rings (SSSR count). The van der Waals surface area contributed by atoms with E-state index in [1.54, 1.807) is 6.21 Å². The molecule has 0 fully saturated rings. The number of aromatic nitrogens is 4. The van der Waals surface area contributed by atoms with Crippen molar-refractivity contribution >= 4 is 23.3 Å². The molecule has 0 saturated carbocycles. The third-order valence-electron chi connectivity index (χ3n) is 4.95. The Balaban J connectivity index is 1.45. The summed E-state index contributed by atoms with van der Waals surface area (Å²) >= 11 is 0. The van der Waals surface area contributed by atoms with E-state index in [9.17, 15) is 14.4 Å². The molecule has 0 aliphatic carbocycles. The molecule has 156 valence electrons. The SMILES string of the molecule is Cn1c(=O)c2c(ncn2CC(=O)NN=Cc2ccc(-c3ccccc3)cc2)n(C)c1=O. The van der Waals surface area contributed by atoms with E-state index in [0.29, 0.717) is 0 Å². The van der Waals surface area contributed by atoms with Gasteiger partial charge >= 0.3 is 5.69 Å². The highest BCUT2D eigenvalue weighted by Gasteiger charge is 2.15. The van der Waals surface area contributed by atoms with Crippen LogP contribution in [0.2, 0.25) is 0 Å². The summed E-state index contributed by atoms with van der Waals surface area (Å²) in [5, 5.41) is 3.98. The van der Waals surface area contributed by atoms with Crippen molar-refractivity contribution in [1.29, 1.82) is 0 Å². The van der Waals surface area contributed by atoms with Crippen LogP contribution in [0.3, 0.4) is 0 Å². The number of rotatable bonds is 5. The molecular formula is C22H20N6O3. The number of benzene rings is 2. The lowest BCUT2D eigenvalue weighted by Crippen LogP contribution is -2.38. The van der Waals surface area contributed by atoms with E-state index in [4.69, 9.17) is 0 Å². The van der Waals surface area contributed by atoms with E-state index in [-0.39, 0.29) is 17.7 Å². The lowest BCUT2D eigenvalue weighted by Gasteiger charge is -2.06. The first-order valence-corrected chi connectivity index (χ1v) is 9.54. The predicted molar refractivity (Wildman–Crippen MR) is 118 cm³/mol. The molecule has 1 N–H and O–H groups in total. The van der Waals surface area contributed by atoms with E-state index in [0.717, 1.165) is 21.3 Å². The second-order valence-corrected chi connectivity index (χ2v) is 7.03. The van der Waals surface area contributed by atoms with Gasteiger partial charge in [-0.2, -0.15) is 5.10 Å². The molecule has 0 radical (unpaired) electrons. The molecule has 0 aliphatic heterocycles. The van der Waals surface area contributed by atoms with Crippen LogP contribution >= 0.6 is 0 Å². The van der Waals surface area contributed by atoms with Crippen LogP contribution < -0.4 is 16.7 Å². The molecule has 0 saturated heterocycles. The van der Waals surface area contributed by atoms with E-state index >= 15 is 0 Å². The summed E-state index contributed by atoms with van der Waals surface area (Å²) < 4.78 is 3.65. The number of carbonyl (C=O) groups excluding carboxylic acids is 1. The average Bonchev–Trinajstić information content (AvgIpc) is 3.21.